The summed E-state index contributed by atoms with van der Waals surface area (Å²) in [4.78, 5) is 5.84. The van der Waals surface area contributed by atoms with Gasteiger partial charge in [-0.2, -0.15) is 0 Å². The van der Waals surface area contributed by atoms with E-state index in [0.717, 1.165) is 31.8 Å². The Morgan fingerprint density at radius 2 is 2.39 bits per heavy atom. The van der Waals surface area contributed by atoms with Crippen LogP contribution in [0.3, 0.4) is 0 Å². The first-order valence-electron chi connectivity index (χ1n) is 6.55. The van der Waals surface area contributed by atoms with Crippen LogP contribution < -0.4 is 5.32 Å². The highest BCUT2D eigenvalue weighted by Gasteiger charge is 2.06. The lowest BCUT2D eigenvalue weighted by Crippen LogP contribution is -2.28. The smallest absolute Gasteiger partial charge is 0.122 e. The maximum Gasteiger partial charge on any atom is 0.122 e. The number of imidazole rings is 1. The van der Waals surface area contributed by atoms with E-state index in [9.17, 15) is 0 Å². The van der Waals surface area contributed by atoms with Crippen molar-refractivity contribution in [3.05, 3.63) is 40.6 Å². The first-order valence-corrected chi connectivity index (χ1v) is 7.43. The van der Waals surface area contributed by atoms with Crippen LogP contribution in [0.5, 0.6) is 0 Å². The number of nitrogens with one attached hydrogen (secondary N) is 1. The van der Waals surface area contributed by atoms with Crippen molar-refractivity contribution in [3.8, 4) is 0 Å². The van der Waals surface area contributed by atoms with Crippen molar-refractivity contribution in [2.45, 2.75) is 45.8 Å². The van der Waals surface area contributed by atoms with Gasteiger partial charge in [0.1, 0.15) is 5.82 Å². The van der Waals surface area contributed by atoms with E-state index in [1.165, 1.54) is 4.88 Å². The van der Waals surface area contributed by atoms with Gasteiger partial charge in [0.2, 0.25) is 0 Å². The molecule has 2 heterocycles. The molecule has 1 unspecified atom stereocenters. The molecule has 0 saturated heterocycles. The molecule has 2 rings (SSSR count). The Labute approximate surface area is 113 Å². The van der Waals surface area contributed by atoms with Gasteiger partial charge < -0.3 is 9.88 Å². The van der Waals surface area contributed by atoms with Crippen LogP contribution in [-0.2, 0) is 19.5 Å². The highest BCUT2D eigenvalue weighted by Crippen LogP contribution is 2.11. The van der Waals surface area contributed by atoms with Gasteiger partial charge in [0, 0.05) is 29.9 Å². The number of thiophene rings is 1. The zero-order valence-corrected chi connectivity index (χ0v) is 11.9. The SMILES string of the molecule is CCCn1ccnc1CNC(C)Cc1cccs1. The quantitative estimate of drug-likeness (QED) is 0.832. The molecule has 18 heavy (non-hydrogen) atoms. The largest absolute Gasteiger partial charge is 0.334 e. The van der Waals surface area contributed by atoms with Gasteiger partial charge >= 0.3 is 0 Å². The highest BCUT2D eigenvalue weighted by atomic mass is 32.1. The summed E-state index contributed by atoms with van der Waals surface area (Å²) in [5.41, 5.74) is 0. The molecule has 0 aliphatic rings. The van der Waals surface area contributed by atoms with Gasteiger partial charge in [-0.3, -0.25) is 0 Å². The molecular formula is C14H21N3S. The first-order chi connectivity index (χ1) is 8.79. The molecule has 1 atom stereocenters. The third-order valence-corrected chi connectivity index (χ3v) is 3.86. The van der Waals surface area contributed by atoms with Crippen LogP contribution in [-0.4, -0.2) is 15.6 Å². The van der Waals surface area contributed by atoms with Gasteiger partial charge in [-0.05, 0) is 31.2 Å². The Morgan fingerprint density at radius 3 is 3.11 bits per heavy atom. The van der Waals surface area contributed by atoms with Crippen LogP contribution in [0.15, 0.2) is 29.9 Å². The minimum atomic E-state index is 0.482. The van der Waals surface area contributed by atoms with Crippen LogP contribution in [0.1, 0.15) is 31.0 Å². The first kappa shape index (κ1) is 13.3. The van der Waals surface area contributed by atoms with Gasteiger partial charge in [0.25, 0.3) is 0 Å². The molecule has 4 heteroatoms. The number of aryl methyl sites for hydroxylation is 1. The summed E-state index contributed by atoms with van der Waals surface area (Å²) in [5.74, 6) is 1.13. The summed E-state index contributed by atoms with van der Waals surface area (Å²) >= 11 is 1.83. The summed E-state index contributed by atoms with van der Waals surface area (Å²) in [6.45, 7) is 6.32. The van der Waals surface area contributed by atoms with Crippen LogP contribution in [0, 0.1) is 0 Å². The van der Waals surface area contributed by atoms with Crippen molar-refractivity contribution in [2.75, 3.05) is 0 Å². The molecule has 0 fully saturated rings. The van der Waals surface area contributed by atoms with Crippen LogP contribution in [0.2, 0.25) is 0 Å². The molecule has 0 radical (unpaired) electrons. The van der Waals surface area contributed by atoms with E-state index in [1.807, 2.05) is 17.5 Å². The number of nitrogens with zero attached hydrogens (tertiary/aromatic N) is 2. The maximum absolute atomic E-state index is 4.41. The molecule has 2 aromatic rings. The fourth-order valence-corrected chi connectivity index (χ4v) is 2.86. The average Bonchev–Trinajstić information content (AvgIpc) is 2.99. The van der Waals surface area contributed by atoms with Crippen molar-refractivity contribution < 1.29 is 0 Å². The van der Waals surface area contributed by atoms with E-state index in [-0.39, 0.29) is 0 Å². The van der Waals surface area contributed by atoms with Crippen molar-refractivity contribution in [2.24, 2.45) is 0 Å². The van der Waals surface area contributed by atoms with Crippen LogP contribution in [0.25, 0.3) is 0 Å². The Morgan fingerprint density at radius 1 is 1.50 bits per heavy atom. The Hall–Kier alpha value is -1.13. The van der Waals surface area contributed by atoms with Crippen molar-refractivity contribution in [1.29, 1.82) is 0 Å². The van der Waals surface area contributed by atoms with Gasteiger partial charge in [0.15, 0.2) is 0 Å². The lowest BCUT2D eigenvalue weighted by Gasteiger charge is -2.13. The summed E-state index contributed by atoms with van der Waals surface area (Å²) in [5, 5.41) is 5.68. The fourth-order valence-electron chi connectivity index (χ4n) is 2.02. The second kappa shape index (κ2) is 6.71. The second-order valence-corrected chi connectivity index (χ2v) is 5.63. The fraction of sp³-hybridized carbons (Fsp3) is 0.500. The molecule has 0 bridgehead atoms. The molecule has 0 spiro atoms. The molecular weight excluding hydrogens is 242 g/mol. The molecule has 2 aromatic heterocycles. The zero-order chi connectivity index (χ0) is 12.8. The summed E-state index contributed by atoms with van der Waals surface area (Å²) in [6, 6.07) is 4.79. The highest BCUT2D eigenvalue weighted by molar-refractivity contribution is 7.09. The number of hydrogen-bond acceptors (Lipinski definition) is 3. The third kappa shape index (κ3) is 3.68. The van der Waals surface area contributed by atoms with Gasteiger partial charge in [-0.1, -0.05) is 13.0 Å². The molecule has 1 N–H and O–H groups in total. The van der Waals surface area contributed by atoms with E-state index < -0.39 is 0 Å². The molecule has 0 amide bonds. The Kier molecular flexibility index (Phi) is 4.96. The van der Waals surface area contributed by atoms with Crippen LogP contribution >= 0.6 is 11.3 Å². The van der Waals surface area contributed by atoms with Gasteiger partial charge in [-0.25, -0.2) is 4.98 Å². The molecule has 0 aromatic carbocycles. The number of hydrogen-bond donors (Lipinski definition) is 1. The van der Waals surface area contributed by atoms with E-state index in [0.29, 0.717) is 6.04 Å². The normalized spacial score (nSPS) is 12.8. The van der Waals surface area contributed by atoms with E-state index >= 15 is 0 Å². The standard InChI is InChI=1S/C14H21N3S/c1-3-7-17-8-6-15-14(17)11-16-12(2)10-13-5-4-9-18-13/h4-6,8-9,12,16H,3,7,10-11H2,1-2H3. The minimum absolute atomic E-state index is 0.482. The summed E-state index contributed by atoms with van der Waals surface area (Å²) < 4.78 is 2.23. The predicted octanol–water partition coefficient (Wildman–Crippen LogP) is 3.08. The topological polar surface area (TPSA) is 29.9 Å². The van der Waals surface area contributed by atoms with E-state index in [1.54, 1.807) is 0 Å². The monoisotopic (exact) mass is 263 g/mol. The Bertz CT molecular complexity index is 447. The van der Waals surface area contributed by atoms with Gasteiger partial charge in [-0.15, -0.1) is 11.3 Å². The molecule has 0 aliphatic heterocycles. The van der Waals surface area contributed by atoms with E-state index in [2.05, 4.69) is 52.4 Å². The van der Waals surface area contributed by atoms with Crippen molar-refractivity contribution in [1.82, 2.24) is 14.9 Å². The summed E-state index contributed by atoms with van der Waals surface area (Å²) in [6.07, 6.45) is 6.18. The van der Waals surface area contributed by atoms with Gasteiger partial charge in [0.05, 0.1) is 6.54 Å². The lowest BCUT2D eigenvalue weighted by molar-refractivity contribution is 0.516. The van der Waals surface area contributed by atoms with Crippen molar-refractivity contribution in [3.63, 3.8) is 0 Å². The molecule has 0 saturated carbocycles. The Balaban J connectivity index is 1.81. The number of aromatic nitrogens is 2. The maximum atomic E-state index is 4.41. The third-order valence-electron chi connectivity index (χ3n) is 2.96. The van der Waals surface area contributed by atoms with E-state index in [4.69, 9.17) is 0 Å². The number of rotatable bonds is 7. The van der Waals surface area contributed by atoms with Crippen molar-refractivity contribution >= 4 is 11.3 Å². The lowest BCUT2D eigenvalue weighted by atomic mass is 10.2. The zero-order valence-electron chi connectivity index (χ0n) is 11.1. The molecule has 3 nitrogen and oxygen atoms in total. The summed E-state index contributed by atoms with van der Waals surface area (Å²) in [7, 11) is 0. The van der Waals surface area contributed by atoms with Crippen LogP contribution in [0.4, 0.5) is 0 Å². The minimum Gasteiger partial charge on any atom is -0.334 e. The average molecular weight is 263 g/mol. The second-order valence-electron chi connectivity index (χ2n) is 4.60. The predicted molar refractivity (Wildman–Crippen MR) is 76.8 cm³/mol. The molecule has 0 aliphatic carbocycles. The molecule has 98 valence electrons.